The first kappa shape index (κ1) is 12.6. The molecule has 1 rings (SSSR count). The van der Waals surface area contributed by atoms with E-state index in [1.165, 1.54) is 5.56 Å². The first-order valence-corrected chi connectivity index (χ1v) is 6.96. The molecule has 0 bridgehead atoms. The first-order chi connectivity index (χ1) is 5.96. The van der Waals surface area contributed by atoms with Crippen molar-refractivity contribution in [2.75, 3.05) is 0 Å². The van der Waals surface area contributed by atoms with Gasteiger partial charge < -0.3 is 4.29 Å². The number of rotatable bonds is 2. The Labute approximate surface area is 124 Å². The normalized spacial score (nSPS) is 11.5. The summed E-state index contributed by atoms with van der Waals surface area (Å²) in [4.78, 5) is 0. The third kappa shape index (κ3) is 3.23. The highest BCUT2D eigenvalue weighted by Gasteiger charge is 2.23. The van der Waals surface area contributed by atoms with Gasteiger partial charge in [0.05, 0.1) is 0 Å². The van der Waals surface area contributed by atoms with Gasteiger partial charge in [0.15, 0.2) is 0 Å². The van der Waals surface area contributed by atoms with Crippen LogP contribution in [0, 0.1) is 6.92 Å². The van der Waals surface area contributed by atoms with Crippen LogP contribution in [0.3, 0.4) is 0 Å². The number of hydrogen-bond acceptors (Lipinski definition) is 1. The zero-order valence-corrected chi connectivity index (χ0v) is 13.9. The summed E-state index contributed by atoms with van der Waals surface area (Å²) in [5.74, 6) is 0.730. The maximum Gasteiger partial charge on any atom is 0.149 e. The molecule has 0 aromatic heterocycles. The smallest absolute Gasteiger partial charge is 0.149 e. The van der Waals surface area contributed by atoms with Crippen LogP contribution in [0.2, 0.25) is 0 Å². The summed E-state index contributed by atoms with van der Waals surface area (Å²) < 4.78 is 4.79. The van der Waals surface area contributed by atoms with Crippen molar-refractivity contribution in [3.8, 4) is 5.75 Å². The van der Waals surface area contributed by atoms with Crippen molar-refractivity contribution in [2.24, 2.45) is 0 Å². The lowest BCUT2D eigenvalue weighted by atomic mass is 10.1. The van der Waals surface area contributed by atoms with Crippen LogP contribution >= 0.6 is 79.6 Å². The third-order valence-corrected chi connectivity index (χ3v) is 3.58. The zero-order chi connectivity index (χ0) is 10.1. The van der Waals surface area contributed by atoms with Gasteiger partial charge in [0.2, 0.25) is 0 Å². The van der Waals surface area contributed by atoms with Crippen LogP contribution in [0.1, 0.15) is 11.1 Å². The molecular weight excluding hydrogens is 528 g/mol. The summed E-state index contributed by atoms with van der Waals surface area (Å²) in [6.45, 7) is 2.01. The number of hydrogen-bond donors (Lipinski definition) is 0. The third-order valence-electron chi connectivity index (χ3n) is 1.67. The average Bonchev–Trinajstić information content (AvgIpc) is 2.02. The number of alkyl halides is 3. The largest absolute Gasteiger partial charge is 0.385 e. The Balaban J connectivity index is 3.24. The molecule has 0 heterocycles. The summed E-state index contributed by atoms with van der Waals surface area (Å²) in [5.41, 5.74) is 2.32. The molecule has 0 unspecified atom stereocenters. The van der Waals surface area contributed by atoms with Gasteiger partial charge in [0.25, 0.3) is 0 Å². The second kappa shape index (κ2) is 5.02. The van der Waals surface area contributed by atoms with E-state index >= 15 is 0 Å². The molecule has 72 valence electrons. The number of halogens is 4. The lowest BCUT2D eigenvalue weighted by Gasteiger charge is -2.16. The average molecular weight is 534 g/mol. The van der Waals surface area contributed by atoms with E-state index in [9.17, 15) is 0 Å². The van der Waals surface area contributed by atoms with Crippen molar-refractivity contribution in [1.29, 1.82) is 0 Å². The van der Waals surface area contributed by atoms with Crippen LogP contribution in [0.5, 0.6) is 5.75 Å². The minimum Gasteiger partial charge on any atom is -0.385 e. The second-order valence-electron chi connectivity index (χ2n) is 2.50. The SMILES string of the molecule is Cc1c(OCl)cccc1C(I)(I)I. The summed E-state index contributed by atoms with van der Waals surface area (Å²) in [6, 6.07) is 5.90. The predicted molar refractivity (Wildman–Crippen MR) is 81.4 cm³/mol. The van der Waals surface area contributed by atoms with E-state index in [-0.39, 0.29) is -0.565 Å². The molecule has 0 spiro atoms. The van der Waals surface area contributed by atoms with Gasteiger partial charge in [-0.05, 0) is 91.9 Å². The molecule has 1 aromatic carbocycles. The molecule has 0 aliphatic rings. The fourth-order valence-corrected chi connectivity index (χ4v) is 2.93. The molecule has 0 radical (unpaired) electrons. The van der Waals surface area contributed by atoms with E-state index in [2.05, 4.69) is 73.8 Å². The topological polar surface area (TPSA) is 9.23 Å². The second-order valence-corrected chi connectivity index (χ2v) is 13.7. The molecule has 1 nitrogen and oxygen atoms in total. The van der Waals surface area contributed by atoms with Crippen LogP contribution in [0.15, 0.2) is 18.2 Å². The molecule has 0 aliphatic heterocycles. The van der Waals surface area contributed by atoms with Gasteiger partial charge in [-0.1, -0.05) is 12.1 Å². The number of benzene rings is 1. The van der Waals surface area contributed by atoms with Crippen LogP contribution in [0.25, 0.3) is 0 Å². The van der Waals surface area contributed by atoms with Gasteiger partial charge in [-0.25, -0.2) is 0 Å². The van der Waals surface area contributed by atoms with Crippen molar-refractivity contribution in [2.45, 2.75) is 6.36 Å². The molecule has 0 saturated heterocycles. The molecule has 0 fully saturated rings. The quantitative estimate of drug-likeness (QED) is 0.386. The monoisotopic (exact) mass is 534 g/mol. The van der Waals surface area contributed by atoms with Gasteiger partial charge in [-0.3, -0.25) is 0 Å². The maximum atomic E-state index is 5.35. The van der Waals surface area contributed by atoms with Crippen molar-refractivity contribution >= 4 is 79.6 Å². The maximum absolute atomic E-state index is 5.35. The zero-order valence-electron chi connectivity index (χ0n) is 6.65. The Bertz CT molecular complexity index is 309. The van der Waals surface area contributed by atoms with Gasteiger partial charge in [0, 0.05) is 0 Å². The highest BCUT2D eigenvalue weighted by molar-refractivity contribution is 14.3. The van der Waals surface area contributed by atoms with E-state index in [1.807, 2.05) is 19.1 Å². The fraction of sp³-hybridized carbons (Fsp3) is 0.250. The van der Waals surface area contributed by atoms with Crippen molar-refractivity contribution in [3.63, 3.8) is 0 Å². The highest BCUT2D eigenvalue weighted by Crippen LogP contribution is 2.48. The van der Waals surface area contributed by atoms with E-state index in [1.54, 1.807) is 0 Å². The van der Waals surface area contributed by atoms with Crippen LogP contribution in [-0.2, 0) is -0.565 Å². The molecule has 0 N–H and O–H groups in total. The van der Waals surface area contributed by atoms with E-state index < -0.39 is 0 Å². The van der Waals surface area contributed by atoms with Gasteiger partial charge in [-0.15, -0.1) is 0 Å². The van der Waals surface area contributed by atoms with Crippen molar-refractivity contribution in [1.82, 2.24) is 0 Å². The molecular formula is C8H6ClI3O. The van der Waals surface area contributed by atoms with E-state index in [0.717, 1.165) is 11.3 Å². The molecule has 0 amide bonds. The summed E-state index contributed by atoms with van der Waals surface area (Å²) >= 11 is 12.5. The lowest BCUT2D eigenvalue weighted by Crippen LogP contribution is -2.00. The molecule has 0 aliphatic carbocycles. The van der Waals surface area contributed by atoms with Gasteiger partial charge in [-0.2, -0.15) is 0 Å². The van der Waals surface area contributed by atoms with Gasteiger partial charge in [0.1, 0.15) is 17.1 Å². The molecule has 1 aromatic rings. The molecule has 5 heteroatoms. The van der Waals surface area contributed by atoms with Crippen molar-refractivity contribution < 1.29 is 4.29 Å². The fourth-order valence-electron chi connectivity index (χ4n) is 1.01. The summed E-state index contributed by atoms with van der Waals surface area (Å²) in [7, 11) is 0. The van der Waals surface area contributed by atoms with Crippen LogP contribution in [-0.4, -0.2) is 0 Å². The lowest BCUT2D eigenvalue weighted by molar-refractivity contribution is 0.612. The Hall–Kier alpha value is 1.50. The summed E-state index contributed by atoms with van der Waals surface area (Å²) in [6.07, 6.45) is 0. The Kier molecular flexibility index (Phi) is 4.85. The van der Waals surface area contributed by atoms with Crippen LogP contribution in [0.4, 0.5) is 0 Å². The minimum absolute atomic E-state index is 0.0444. The molecule has 13 heavy (non-hydrogen) atoms. The van der Waals surface area contributed by atoms with Crippen LogP contribution < -0.4 is 4.29 Å². The first-order valence-electron chi connectivity index (χ1n) is 3.42. The Morgan fingerprint density at radius 1 is 1.31 bits per heavy atom. The minimum atomic E-state index is 0.0444. The predicted octanol–water partition coefficient (Wildman–Crippen LogP) is 4.94. The van der Waals surface area contributed by atoms with Gasteiger partial charge >= 0.3 is 0 Å². The Morgan fingerprint density at radius 3 is 2.38 bits per heavy atom. The molecule has 0 saturated carbocycles. The highest BCUT2D eigenvalue weighted by atomic mass is 127. The van der Waals surface area contributed by atoms with E-state index in [4.69, 9.17) is 16.2 Å². The molecule has 0 atom stereocenters. The standard InChI is InChI=1S/C8H6ClI3O/c1-5-6(8(10,11)12)3-2-4-7(5)13-9/h2-4H,1H3. The Morgan fingerprint density at radius 2 is 1.92 bits per heavy atom. The summed E-state index contributed by atoms with van der Waals surface area (Å²) in [5, 5.41) is 0. The van der Waals surface area contributed by atoms with Crippen molar-refractivity contribution in [3.05, 3.63) is 29.3 Å². The van der Waals surface area contributed by atoms with E-state index in [0.29, 0.717) is 0 Å².